The van der Waals surface area contributed by atoms with Crippen molar-refractivity contribution in [3.8, 4) is 11.5 Å². The molecule has 0 aliphatic carbocycles. The second-order valence-corrected chi connectivity index (χ2v) is 5.21. The Morgan fingerprint density at radius 2 is 2.36 bits per heavy atom. The van der Waals surface area contributed by atoms with E-state index in [4.69, 9.17) is 14.2 Å². The van der Waals surface area contributed by atoms with Crippen molar-refractivity contribution in [3.63, 3.8) is 0 Å². The molecular formula is C17H23NO4. The Morgan fingerprint density at radius 1 is 1.50 bits per heavy atom. The van der Waals surface area contributed by atoms with Crippen LogP contribution in [0.15, 0.2) is 30.9 Å². The summed E-state index contributed by atoms with van der Waals surface area (Å²) in [5.41, 5.74) is 1.09. The quantitative estimate of drug-likeness (QED) is 0.747. The second-order valence-electron chi connectivity index (χ2n) is 5.21. The Morgan fingerprint density at radius 3 is 3.05 bits per heavy atom. The maximum absolute atomic E-state index is 11.8. The first-order valence-corrected chi connectivity index (χ1v) is 7.52. The average Bonchev–Trinajstić information content (AvgIpc) is 3.05. The molecule has 1 aliphatic rings. The molecule has 1 fully saturated rings. The summed E-state index contributed by atoms with van der Waals surface area (Å²) in [5.74, 6) is 1.02. The SMILES string of the molecule is C=CCc1ccc(OCC(=O)NC[C@@H]2CCCO2)c(OC)c1. The molecule has 120 valence electrons. The maximum atomic E-state index is 11.8. The van der Waals surface area contributed by atoms with E-state index in [2.05, 4.69) is 11.9 Å². The zero-order valence-electron chi connectivity index (χ0n) is 13.0. The Balaban J connectivity index is 1.81. The molecular weight excluding hydrogens is 282 g/mol. The van der Waals surface area contributed by atoms with Crippen molar-refractivity contribution >= 4 is 5.91 Å². The molecule has 1 amide bonds. The number of carbonyl (C=O) groups is 1. The van der Waals surface area contributed by atoms with Gasteiger partial charge in [-0.3, -0.25) is 4.79 Å². The van der Waals surface area contributed by atoms with Crippen LogP contribution in [0.5, 0.6) is 11.5 Å². The molecule has 1 saturated heterocycles. The molecule has 1 aliphatic heterocycles. The molecule has 2 rings (SSSR count). The molecule has 1 N–H and O–H groups in total. The standard InChI is InChI=1S/C17H23NO4/c1-3-5-13-7-8-15(16(10-13)20-2)22-12-17(19)18-11-14-6-4-9-21-14/h3,7-8,10,14H,1,4-6,9,11-12H2,2H3,(H,18,19)/t14-/m0/s1. The number of hydrogen-bond acceptors (Lipinski definition) is 4. The van der Waals surface area contributed by atoms with Gasteiger partial charge < -0.3 is 19.5 Å². The van der Waals surface area contributed by atoms with Crippen molar-refractivity contribution < 1.29 is 19.0 Å². The molecule has 1 aromatic carbocycles. The third-order valence-corrected chi connectivity index (χ3v) is 3.52. The van der Waals surface area contributed by atoms with Crippen LogP contribution < -0.4 is 14.8 Å². The molecule has 1 aromatic rings. The number of hydrogen-bond donors (Lipinski definition) is 1. The monoisotopic (exact) mass is 305 g/mol. The van der Waals surface area contributed by atoms with Crippen molar-refractivity contribution in [2.45, 2.75) is 25.4 Å². The number of allylic oxidation sites excluding steroid dienone is 1. The first kappa shape index (κ1) is 16.4. The van der Waals surface area contributed by atoms with E-state index >= 15 is 0 Å². The number of methoxy groups -OCH3 is 1. The van der Waals surface area contributed by atoms with Gasteiger partial charge in [-0.25, -0.2) is 0 Å². The molecule has 0 saturated carbocycles. The predicted octanol–water partition coefficient (Wildman–Crippen LogP) is 2.10. The smallest absolute Gasteiger partial charge is 0.258 e. The fourth-order valence-electron chi connectivity index (χ4n) is 2.35. The third kappa shape index (κ3) is 4.77. The van der Waals surface area contributed by atoms with Crippen LogP contribution in [-0.2, 0) is 16.0 Å². The van der Waals surface area contributed by atoms with Crippen LogP contribution in [0.1, 0.15) is 18.4 Å². The van der Waals surface area contributed by atoms with Crippen molar-refractivity contribution in [2.24, 2.45) is 0 Å². The first-order chi connectivity index (χ1) is 10.7. The topological polar surface area (TPSA) is 56.8 Å². The van der Waals surface area contributed by atoms with Crippen LogP contribution in [0.25, 0.3) is 0 Å². The van der Waals surface area contributed by atoms with Crippen LogP contribution in [0.2, 0.25) is 0 Å². The van der Waals surface area contributed by atoms with E-state index in [1.165, 1.54) is 0 Å². The zero-order chi connectivity index (χ0) is 15.8. The van der Waals surface area contributed by atoms with E-state index in [9.17, 15) is 4.79 Å². The normalized spacial score (nSPS) is 17.0. The van der Waals surface area contributed by atoms with E-state index in [-0.39, 0.29) is 18.6 Å². The van der Waals surface area contributed by atoms with E-state index in [1.54, 1.807) is 7.11 Å². The van der Waals surface area contributed by atoms with Gasteiger partial charge in [-0.15, -0.1) is 6.58 Å². The highest BCUT2D eigenvalue weighted by molar-refractivity contribution is 5.77. The number of nitrogens with one attached hydrogen (secondary N) is 1. The molecule has 0 aromatic heterocycles. The maximum Gasteiger partial charge on any atom is 0.258 e. The summed E-state index contributed by atoms with van der Waals surface area (Å²) < 4.78 is 16.3. The van der Waals surface area contributed by atoms with E-state index < -0.39 is 0 Å². The van der Waals surface area contributed by atoms with Crippen molar-refractivity contribution in [2.75, 3.05) is 26.9 Å². The minimum atomic E-state index is -0.160. The van der Waals surface area contributed by atoms with Gasteiger partial charge in [0.1, 0.15) is 0 Å². The summed E-state index contributed by atoms with van der Waals surface area (Å²) in [4.78, 5) is 11.8. The summed E-state index contributed by atoms with van der Waals surface area (Å²) in [6.07, 6.45) is 4.79. The summed E-state index contributed by atoms with van der Waals surface area (Å²) >= 11 is 0. The molecule has 0 bridgehead atoms. The molecule has 5 heteroatoms. The fourth-order valence-corrected chi connectivity index (χ4v) is 2.35. The van der Waals surface area contributed by atoms with Gasteiger partial charge in [0, 0.05) is 13.2 Å². The number of carbonyl (C=O) groups excluding carboxylic acids is 1. The number of amides is 1. The lowest BCUT2D eigenvalue weighted by Crippen LogP contribution is -2.35. The largest absolute Gasteiger partial charge is 0.493 e. The highest BCUT2D eigenvalue weighted by atomic mass is 16.5. The molecule has 0 radical (unpaired) electrons. The molecule has 1 atom stereocenters. The predicted molar refractivity (Wildman–Crippen MR) is 84.4 cm³/mol. The number of ether oxygens (including phenoxy) is 3. The van der Waals surface area contributed by atoms with Crippen LogP contribution in [0.3, 0.4) is 0 Å². The highest BCUT2D eigenvalue weighted by Gasteiger charge is 2.16. The van der Waals surface area contributed by atoms with Crippen LogP contribution >= 0.6 is 0 Å². The molecule has 22 heavy (non-hydrogen) atoms. The zero-order valence-corrected chi connectivity index (χ0v) is 13.0. The minimum absolute atomic E-state index is 0.0378. The van der Waals surface area contributed by atoms with Crippen molar-refractivity contribution in [1.82, 2.24) is 5.32 Å². The molecule has 0 unspecified atom stereocenters. The van der Waals surface area contributed by atoms with Gasteiger partial charge in [0.05, 0.1) is 13.2 Å². The van der Waals surface area contributed by atoms with Gasteiger partial charge in [0.15, 0.2) is 18.1 Å². The molecule has 0 spiro atoms. The minimum Gasteiger partial charge on any atom is -0.493 e. The lowest BCUT2D eigenvalue weighted by atomic mass is 10.1. The lowest BCUT2D eigenvalue weighted by molar-refractivity contribution is -0.123. The summed E-state index contributed by atoms with van der Waals surface area (Å²) in [6.45, 7) is 5.00. The average molecular weight is 305 g/mol. The Labute approximate surface area is 131 Å². The van der Waals surface area contributed by atoms with Gasteiger partial charge in [-0.1, -0.05) is 12.1 Å². The van der Waals surface area contributed by atoms with Crippen LogP contribution in [0, 0.1) is 0 Å². The lowest BCUT2D eigenvalue weighted by Gasteiger charge is -2.13. The highest BCUT2D eigenvalue weighted by Crippen LogP contribution is 2.28. The third-order valence-electron chi connectivity index (χ3n) is 3.52. The van der Waals surface area contributed by atoms with Gasteiger partial charge in [0.25, 0.3) is 5.91 Å². The van der Waals surface area contributed by atoms with Gasteiger partial charge in [-0.05, 0) is 37.0 Å². The van der Waals surface area contributed by atoms with Gasteiger partial charge >= 0.3 is 0 Å². The summed E-state index contributed by atoms with van der Waals surface area (Å²) in [5, 5.41) is 2.82. The summed E-state index contributed by atoms with van der Waals surface area (Å²) in [6, 6.07) is 5.64. The number of rotatable bonds is 8. The van der Waals surface area contributed by atoms with Crippen LogP contribution in [-0.4, -0.2) is 38.9 Å². The first-order valence-electron chi connectivity index (χ1n) is 7.52. The molecule has 1 heterocycles. The van der Waals surface area contributed by atoms with Gasteiger partial charge in [0.2, 0.25) is 0 Å². The van der Waals surface area contributed by atoms with Crippen molar-refractivity contribution in [3.05, 3.63) is 36.4 Å². The summed E-state index contributed by atoms with van der Waals surface area (Å²) in [7, 11) is 1.58. The number of benzene rings is 1. The van der Waals surface area contributed by atoms with Crippen molar-refractivity contribution in [1.29, 1.82) is 0 Å². The van der Waals surface area contributed by atoms with Gasteiger partial charge in [-0.2, -0.15) is 0 Å². The van der Waals surface area contributed by atoms with Crippen LogP contribution in [0.4, 0.5) is 0 Å². The van der Waals surface area contributed by atoms with E-state index in [1.807, 2.05) is 24.3 Å². The Hall–Kier alpha value is -2.01. The van der Waals surface area contributed by atoms with E-state index in [0.29, 0.717) is 18.0 Å². The molecule has 5 nitrogen and oxygen atoms in total. The Bertz CT molecular complexity index is 509. The Kier molecular flexibility index (Phi) is 6.27. The fraction of sp³-hybridized carbons (Fsp3) is 0.471. The van der Waals surface area contributed by atoms with E-state index in [0.717, 1.165) is 31.4 Å². The second kappa shape index (κ2) is 8.44.